The molecule has 0 saturated carbocycles. The van der Waals surface area contributed by atoms with E-state index in [-0.39, 0.29) is 0 Å². The fourth-order valence-electron chi connectivity index (χ4n) is 5.39. The van der Waals surface area contributed by atoms with Gasteiger partial charge >= 0.3 is 0 Å². The van der Waals surface area contributed by atoms with E-state index in [0.717, 1.165) is 11.2 Å². The molecule has 0 bridgehead atoms. The number of fused-ring (bicyclic) bond motifs is 3. The van der Waals surface area contributed by atoms with E-state index < -0.39 is 16.1 Å². The summed E-state index contributed by atoms with van der Waals surface area (Å²) in [7, 11) is -2.98. The van der Waals surface area contributed by atoms with E-state index in [1.807, 2.05) is 11.3 Å². The van der Waals surface area contributed by atoms with Crippen molar-refractivity contribution in [3.8, 4) is 21.7 Å². The molecule has 0 radical (unpaired) electrons. The van der Waals surface area contributed by atoms with E-state index in [0.29, 0.717) is 0 Å². The third-order valence-corrected chi connectivity index (χ3v) is 13.5. The molecule has 0 amide bonds. The third kappa shape index (κ3) is 3.65. The lowest BCUT2D eigenvalue weighted by Crippen LogP contribution is -2.38. The molecule has 6 rings (SSSR count). The molecule has 0 N–H and O–H groups in total. The second kappa shape index (κ2) is 7.82. The van der Waals surface area contributed by atoms with Gasteiger partial charge in [0.05, 0.1) is 24.0 Å². The maximum atomic E-state index is 4.84. The lowest BCUT2D eigenvalue weighted by molar-refractivity contribution is 1.23. The van der Waals surface area contributed by atoms with E-state index >= 15 is 0 Å². The lowest BCUT2D eigenvalue weighted by atomic mass is 10.0. The van der Waals surface area contributed by atoms with Crippen LogP contribution >= 0.6 is 11.3 Å². The van der Waals surface area contributed by atoms with Crippen molar-refractivity contribution in [1.29, 1.82) is 0 Å². The summed E-state index contributed by atoms with van der Waals surface area (Å²) in [4.78, 5) is 10.9. The van der Waals surface area contributed by atoms with Crippen molar-refractivity contribution in [2.45, 2.75) is 39.7 Å². The molecule has 0 fully saturated rings. The molecule has 0 aliphatic carbocycles. The molecular weight excluding hydrogens is 477 g/mol. The molecule has 174 valence electrons. The predicted octanol–water partition coefficient (Wildman–Crippen LogP) is 7.51. The molecule has 2 nitrogen and oxygen atoms in total. The molecular formula is C30H30N2SSi2. The van der Waals surface area contributed by atoms with E-state index in [9.17, 15) is 0 Å². The first-order valence-electron chi connectivity index (χ1n) is 12.3. The monoisotopic (exact) mass is 506 g/mol. The smallest absolute Gasteiger partial charge is 0.116 e. The zero-order valence-corrected chi connectivity index (χ0v) is 24.0. The number of nitrogens with zero attached hydrogens (tertiary/aromatic N) is 2. The average molecular weight is 507 g/mol. The van der Waals surface area contributed by atoms with Gasteiger partial charge in [-0.05, 0) is 51.7 Å². The minimum Gasteiger partial charge on any atom is -0.235 e. The Hall–Kier alpha value is -2.87. The van der Waals surface area contributed by atoms with E-state index in [2.05, 4.69) is 106 Å². The molecule has 3 heterocycles. The zero-order valence-electron chi connectivity index (χ0n) is 21.2. The summed E-state index contributed by atoms with van der Waals surface area (Å²) in [6.45, 7) is 14.3. The Balaban J connectivity index is 1.56. The molecule has 1 aliphatic heterocycles. The largest absolute Gasteiger partial charge is 0.235 e. The van der Waals surface area contributed by atoms with Gasteiger partial charge in [0.1, 0.15) is 14.4 Å². The second-order valence-corrected chi connectivity index (χ2v) is 21.7. The molecule has 1 aliphatic rings. The van der Waals surface area contributed by atoms with E-state index in [4.69, 9.17) is 9.97 Å². The van der Waals surface area contributed by atoms with Crippen LogP contribution in [-0.2, 0) is 0 Å². The van der Waals surface area contributed by atoms with Gasteiger partial charge in [-0.25, -0.2) is 9.97 Å². The molecule has 3 aromatic carbocycles. The molecule has 2 aromatic heterocycles. The van der Waals surface area contributed by atoms with Gasteiger partial charge in [0, 0.05) is 10.4 Å². The minimum absolute atomic E-state index is 1.05. The molecule has 0 spiro atoms. The molecule has 5 heteroatoms. The predicted molar refractivity (Wildman–Crippen MR) is 160 cm³/mol. The Labute approximate surface area is 213 Å². The quantitative estimate of drug-likeness (QED) is 0.237. The molecule has 35 heavy (non-hydrogen) atoms. The van der Waals surface area contributed by atoms with Gasteiger partial charge in [-0.2, -0.15) is 0 Å². The normalized spacial score (nSPS) is 14.7. The van der Waals surface area contributed by atoms with Gasteiger partial charge in [-0.1, -0.05) is 92.2 Å². The molecule has 0 unspecified atom stereocenters. The Morgan fingerprint density at radius 2 is 1.69 bits per heavy atom. The van der Waals surface area contributed by atoms with Crippen LogP contribution in [0.25, 0.3) is 48.8 Å². The van der Waals surface area contributed by atoms with Crippen LogP contribution in [0.5, 0.6) is 0 Å². The van der Waals surface area contributed by atoms with Crippen LogP contribution in [-0.4, -0.2) is 26.1 Å². The van der Waals surface area contributed by atoms with Crippen LogP contribution in [0.15, 0.2) is 66.6 Å². The number of benzene rings is 3. The van der Waals surface area contributed by atoms with E-state index in [1.165, 1.54) is 53.0 Å². The van der Waals surface area contributed by atoms with Gasteiger partial charge in [0.2, 0.25) is 0 Å². The van der Waals surface area contributed by atoms with Crippen molar-refractivity contribution in [1.82, 2.24) is 9.97 Å². The summed E-state index contributed by atoms with van der Waals surface area (Å²) in [6, 6.07) is 20.5. The van der Waals surface area contributed by atoms with Gasteiger partial charge in [-0.15, -0.1) is 11.3 Å². The van der Waals surface area contributed by atoms with Crippen molar-refractivity contribution in [2.24, 2.45) is 0 Å². The molecule has 5 aromatic rings. The molecule has 0 saturated heterocycles. The number of aryl methyl sites for hydroxylation is 1. The van der Waals surface area contributed by atoms with Crippen LogP contribution in [0, 0.1) is 6.92 Å². The standard InChI is InChI=1S/C30H30N2SSi2/c1-19-27-30(33-29(19)22-11-12-25-21(16-22)13-14-35(25,5)6)28(32-18-31-27)23-15-20-9-7-8-10-24(20)26(17-23)34(2,3)4/h7-18H,1-6H3. The highest BCUT2D eigenvalue weighted by atomic mass is 32.1. The lowest BCUT2D eigenvalue weighted by Gasteiger charge is -2.21. The Kier molecular flexibility index (Phi) is 5.05. The van der Waals surface area contributed by atoms with Crippen molar-refractivity contribution >= 4 is 64.9 Å². The number of hydrogen-bond acceptors (Lipinski definition) is 3. The number of hydrogen-bond donors (Lipinski definition) is 0. The van der Waals surface area contributed by atoms with Crippen molar-refractivity contribution < 1.29 is 0 Å². The summed E-state index contributed by atoms with van der Waals surface area (Å²) in [5.41, 5.74) is 9.69. The highest BCUT2D eigenvalue weighted by molar-refractivity contribution is 7.23. The number of thiophene rings is 1. The summed E-state index contributed by atoms with van der Waals surface area (Å²) in [5, 5.41) is 5.69. The SMILES string of the molecule is Cc1c(-c2ccc3c(c2)C=C[Si]3(C)C)sc2c(-c3cc([Si](C)(C)C)c4ccccc4c3)ncnc12. The van der Waals surface area contributed by atoms with Crippen LogP contribution < -0.4 is 10.4 Å². The summed E-state index contributed by atoms with van der Waals surface area (Å²) >= 11 is 1.84. The van der Waals surface area contributed by atoms with E-state index in [1.54, 1.807) is 6.33 Å². The van der Waals surface area contributed by atoms with Gasteiger partial charge < -0.3 is 0 Å². The highest BCUT2D eigenvalue weighted by Gasteiger charge is 2.28. The van der Waals surface area contributed by atoms with Crippen LogP contribution in [0.4, 0.5) is 0 Å². The first kappa shape index (κ1) is 22.6. The van der Waals surface area contributed by atoms with Crippen LogP contribution in [0.2, 0.25) is 32.7 Å². The Morgan fingerprint density at radius 1 is 0.886 bits per heavy atom. The first-order chi connectivity index (χ1) is 16.6. The van der Waals surface area contributed by atoms with Gasteiger partial charge in [-0.3, -0.25) is 0 Å². The van der Waals surface area contributed by atoms with Crippen LogP contribution in [0.3, 0.4) is 0 Å². The topological polar surface area (TPSA) is 25.8 Å². The van der Waals surface area contributed by atoms with Gasteiger partial charge in [0.25, 0.3) is 0 Å². The number of aromatic nitrogens is 2. The fourth-order valence-corrected chi connectivity index (χ4v) is 10.5. The minimum atomic E-state index is -1.55. The van der Waals surface area contributed by atoms with Crippen molar-refractivity contribution in [2.75, 3.05) is 0 Å². The summed E-state index contributed by atoms with van der Waals surface area (Å²) in [6.07, 6.45) is 4.07. The second-order valence-electron chi connectivity index (χ2n) is 11.3. The molecule has 0 atom stereocenters. The van der Waals surface area contributed by atoms with Crippen molar-refractivity contribution in [3.63, 3.8) is 0 Å². The first-order valence-corrected chi connectivity index (χ1v) is 19.6. The van der Waals surface area contributed by atoms with Crippen LogP contribution in [0.1, 0.15) is 11.1 Å². The average Bonchev–Trinajstić information content (AvgIpc) is 3.33. The summed E-state index contributed by atoms with van der Waals surface area (Å²) in [5.74, 6) is 0. The third-order valence-electron chi connectivity index (χ3n) is 7.33. The highest BCUT2D eigenvalue weighted by Crippen LogP contribution is 2.41. The Morgan fingerprint density at radius 3 is 2.49 bits per heavy atom. The maximum absolute atomic E-state index is 4.84. The maximum Gasteiger partial charge on any atom is 0.116 e. The van der Waals surface area contributed by atoms with Crippen molar-refractivity contribution in [3.05, 3.63) is 77.8 Å². The number of rotatable bonds is 3. The zero-order chi connectivity index (χ0) is 24.5. The Bertz CT molecular complexity index is 1670. The fraction of sp³-hybridized carbons (Fsp3) is 0.200. The van der Waals surface area contributed by atoms with Gasteiger partial charge in [0.15, 0.2) is 0 Å². The summed E-state index contributed by atoms with van der Waals surface area (Å²) < 4.78 is 1.18.